The first-order valence-electron chi connectivity index (χ1n) is 8.75. The molecule has 132 valence electrons. The highest BCUT2D eigenvalue weighted by Gasteiger charge is 2.10. The van der Waals surface area contributed by atoms with Gasteiger partial charge in [-0.25, -0.2) is 0 Å². The van der Waals surface area contributed by atoms with Crippen molar-refractivity contribution in [3.8, 4) is 11.1 Å². The molecule has 0 aliphatic carbocycles. The average Bonchev–Trinajstić information content (AvgIpc) is 2.71. The van der Waals surface area contributed by atoms with E-state index in [1.54, 1.807) is 12.3 Å². The van der Waals surface area contributed by atoms with Crippen molar-refractivity contribution in [3.05, 3.63) is 101 Å². The minimum atomic E-state index is -0.240. The first-order chi connectivity index (χ1) is 13.2. The van der Waals surface area contributed by atoms with Gasteiger partial charge in [0.1, 0.15) is 6.54 Å². The normalized spacial score (nSPS) is 10.7. The van der Waals surface area contributed by atoms with E-state index in [0.29, 0.717) is 5.39 Å². The molecule has 27 heavy (non-hydrogen) atoms. The van der Waals surface area contributed by atoms with E-state index in [1.807, 2.05) is 78.9 Å². The number of amides is 1. The molecule has 4 heteroatoms. The second-order valence-electron chi connectivity index (χ2n) is 6.30. The molecule has 0 atom stereocenters. The van der Waals surface area contributed by atoms with Gasteiger partial charge in [-0.2, -0.15) is 0 Å². The summed E-state index contributed by atoms with van der Waals surface area (Å²) >= 11 is 0. The summed E-state index contributed by atoms with van der Waals surface area (Å²) in [5, 5.41) is 4.41. The van der Waals surface area contributed by atoms with Crippen LogP contribution in [0.3, 0.4) is 0 Å². The fourth-order valence-electron chi connectivity index (χ4n) is 3.16. The van der Waals surface area contributed by atoms with Crippen molar-refractivity contribution < 1.29 is 4.79 Å². The Morgan fingerprint density at radius 1 is 0.815 bits per heavy atom. The van der Waals surface area contributed by atoms with Gasteiger partial charge in [-0.1, -0.05) is 66.7 Å². The number of hydrogen-bond acceptors (Lipinski definition) is 2. The Bertz CT molecular complexity index is 1160. The molecular weight excluding hydrogens is 336 g/mol. The number of rotatable bonds is 4. The van der Waals surface area contributed by atoms with Crippen LogP contribution in [0.1, 0.15) is 0 Å². The van der Waals surface area contributed by atoms with Gasteiger partial charge in [-0.15, -0.1) is 0 Å². The summed E-state index contributed by atoms with van der Waals surface area (Å²) in [5.74, 6) is -0.240. The molecule has 0 aliphatic heterocycles. The fraction of sp³-hybridized carbons (Fsp3) is 0.0435. The third-order valence-electron chi connectivity index (χ3n) is 4.49. The molecular formula is C23H18N2O2. The number of pyridine rings is 1. The lowest BCUT2D eigenvalue weighted by Crippen LogP contribution is -2.27. The molecule has 1 aromatic heterocycles. The number of nitrogens with one attached hydrogen (secondary N) is 1. The highest BCUT2D eigenvalue weighted by molar-refractivity contribution is 5.95. The number of carbonyl (C=O) groups excluding carboxylic acids is 1. The van der Waals surface area contributed by atoms with Crippen LogP contribution in [0.4, 0.5) is 5.69 Å². The van der Waals surface area contributed by atoms with E-state index in [9.17, 15) is 9.59 Å². The third kappa shape index (κ3) is 3.51. The number of nitrogens with zero attached hydrogens (tertiary/aromatic N) is 1. The van der Waals surface area contributed by atoms with Gasteiger partial charge in [0.25, 0.3) is 5.56 Å². The van der Waals surface area contributed by atoms with Crippen LogP contribution < -0.4 is 10.9 Å². The quantitative estimate of drug-likeness (QED) is 0.594. The van der Waals surface area contributed by atoms with Gasteiger partial charge in [0.2, 0.25) is 5.91 Å². The standard InChI is InChI=1S/C23H18N2O2/c26-22(16-25-15-14-18-10-4-5-12-20(18)23(25)27)24-21-13-7-6-11-19(21)17-8-2-1-3-9-17/h1-15H,16H2,(H,24,26). The molecule has 0 spiro atoms. The minimum absolute atomic E-state index is 0.0349. The van der Waals surface area contributed by atoms with Crippen LogP contribution in [0.2, 0.25) is 0 Å². The van der Waals surface area contributed by atoms with Crippen molar-refractivity contribution in [2.75, 3.05) is 5.32 Å². The SMILES string of the molecule is O=C(Cn1ccc2ccccc2c1=O)Nc1ccccc1-c1ccccc1. The average molecular weight is 354 g/mol. The Kier molecular flexibility index (Phi) is 4.54. The van der Waals surface area contributed by atoms with Crippen LogP contribution in [0, 0.1) is 0 Å². The van der Waals surface area contributed by atoms with Crippen LogP contribution in [-0.4, -0.2) is 10.5 Å². The molecule has 1 amide bonds. The third-order valence-corrected chi connectivity index (χ3v) is 4.49. The predicted molar refractivity (Wildman–Crippen MR) is 109 cm³/mol. The smallest absolute Gasteiger partial charge is 0.258 e. The van der Waals surface area contributed by atoms with E-state index in [2.05, 4.69) is 5.32 Å². The summed E-state index contributed by atoms with van der Waals surface area (Å²) in [6.45, 7) is -0.0349. The number of benzene rings is 3. The monoisotopic (exact) mass is 354 g/mol. The number of anilines is 1. The number of aromatic nitrogens is 1. The van der Waals surface area contributed by atoms with Crippen LogP contribution in [0.15, 0.2) is 95.9 Å². The highest BCUT2D eigenvalue weighted by Crippen LogP contribution is 2.27. The lowest BCUT2D eigenvalue weighted by molar-refractivity contribution is -0.116. The summed E-state index contributed by atoms with van der Waals surface area (Å²) < 4.78 is 1.43. The Balaban J connectivity index is 1.60. The van der Waals surface area contributed by atoms with Crippen LogP contribution in [0.25, 0.3) is 21.9 Å². The molecule has 3 aromatic carbocycles. The van der Waals surface area contributed by atoms with Crippen molar-refractivity contribution in [1.82, 2.24) is 4.57 Å². The Morgan fingerprint density at radius 2 is 1.52 bits per heavy atom. The molecule has 0 bridgehead atoms. The first kappa shape index (κ1) is 16.8. The van der Waals surface area contributed by atoms with Crippen molar-refractivity contribution >= 4 is 22.4 Å². The minimum Gasteiger partial charge on any atom is -0.324 e. The first-order valence-corrected chi connectivity index (χ1v) is 8.75. The number of carbonyl (C=O) groups is 1. The zero-order valence-electron chi connectivity index (χ0n) is 14.6. The summed E-state index contributed by atoms with van der Waals surface area (Å²) in [4.78, 5) is 25.2. The predicted octanol–water partition coefficient (Wildman–Crippen LogP) is 4.31. The van der Waals surface area contributed by atoms with Gasteiger partial charge in [-0.05, 0) is 29.1 Å². The van der Waals surface area contributed by atoms with Crippen molar-refractivity contribution in [3.63, 3.8) is 0 Å². The molecule has 0 saturated heterocycles. The zero-order valence-corrected chi connectivity index (χ0v) is 14.6. The number of fused-ring (bicyclic) bond motifs is 1. The second-order valence-corrected chi connectivity index (χ2v) is 6.30. The number of hydrogen-bond donors (Lipinski definition) is 1. The molecule has 4 rings (SSSR count). The van der Waals surface area contributed by atoms with Crippen molar-refractivity contribution in [1.29, 1.82) is 0 Å². The maximum Gasteiger partial charge on any atom is 0.258 e. The molecule has 0 radical (unpaired) electrons. The van der Waals surface area contributed by atoms with E-state index in [4.69, 9.17) is 0 Å². The topological polar surface area (TPSA) is 51.1 Å². The summed E-state index contributed by atoms with van der Waals surface area (Å²) in [6.07, 6.45) is 1.66. The van der Waals surface area contributed by atoms with Gasteiger partial charge in [0.15, 0.2) is 0 Å². The number of para-hydroxylation sites is 1. The van der Waals surface area contributed by atoms with E-state index in [-0.39, 0.29) is 18.0 Å². The molecule has 0 saturated carbocycles. The zero-order chi connectivity index (χ0) is 18.6. The van der Waals surface area contributed by atoms with E-state index < -0.39 is 0 Å². The summed E-state index contributed by atoms with van der Waals surface area (Å²) in [7, 11) is 0. The molecule has 1 heterocycles. The molecule has 4 nitrogen and oxygen atoms in total. The molecule has 0 unspecified atom stereocenters. The van der Waals surface area contributed by atoms with Crippen molar-refractivity contribution in [2.45, 2.75) is 6.54 Å². The van der Waals surface area contributed by atoms with Crippen molar-refractivity contribution in [2.24, 2.45) is 0 Å². The lowest BCUT2D eigenvalue weighted by atomic mass is 10.0. The van der Waals surface area contributed by atoms with Gasteiger partial charge in [-0.3, -0.25) is 9.59 Å². The molecule has 0 fully saturated rings. The molecule has 4 aromatic rings. The van der Waals surface area contributed by atoms with Gasteiger partial charge in [0, 0.05) is 22.8 Å². The molecule has 1 N–H and O–H groups in total. The largest absolute Gasteiger partial charge is 0.324 e. The summed E-state index contributed by atoms with van der Waals surface area (Å²) in [5.41, 5.74) is 2.52. The summed E-state index contributed by atoms with van der Waals surface area (Å²) in [6, 6.07) is 26.7. The van der Waals surface area contributed by atoms with Crippen LogP contribution in [0.5, 0.6) is 0 Å². The van der Waals surface area contributed by atoms with Crippen LogP contribution >= 0.6 is 0 Å². The van der Waals surface area contributed by atoms with Gasteiger partial charge >= 0.3 is 0 Å². The Morgan fingerprint density at radius 3 is 2.37 bits per heavy atom. The van der Waals surface area contributed by atoms with E-state index in [1.165, 1.54) is 4.57 Å². The van der Waals surface area contributed by atoms with E-state index >= 15 is 0 Å². The molecule has 0 aliphatic rings. The lowest BCUT2D eigenvalue weighted by Gasteiger charge is -2.12. The maximum absolute atomic E-state index is 12.6. The van der Waals surface area contributed by atoms with Gasteiger partial charge < -0.3 is 9.88 Å². The Labute approximate surface area is 156 Å². The van der Waals surface area contributed by atoms with Crippen LogP contribution in [-0.2, 0) is 11.3 Å². The van der Waals surface area contributed by atoms with E-state index in [0.717, 1.165) is 22.2 Å². The van der Waals surface area contributed by atoms with Gasteiger partial charge in [0.05, 0.1) is 0 Å². The highest BCUT2D eigenvalue weighted by atomic mass is 16.2. The fourth-order valence-corrected chi connectivity index (χ4v) is 3.16. The second kappa shape index (κ2) is 7.30. The maximum atomic E-state index is 12.6. The Hall–Kier alpha value is -3.66.